The summed E-state index contributed by atoms with van der Waals surface area (Å²) in [5, 5.41) is 1.11. The zero-order valence-corrected chi connectivity index (χ0v) is 12.2. The first kappa shape index (κ1) is 13.8. The number of rotatable bonds is 6. The number of benzene rings is 1. The molecule has 5 heteroatoms. The lowest BCUT2D eigenvalue weighted by atomic mass is 10.2. The normalized spacial score (nSPS) is 11.5. The number of aromatic nitrogens is 3. The van der Waals surface area contributed by atoms with Crippen LogP contribution in [0.1, 0.15) is 19.3 Å². The Balaban J connectivity index is 1.93. The van der Waals surface area contributed by atoms with Crippen LogP contribution in [-0.4, -0.2) is 28.3 Å². The Morgan fingerprint density at radius 1 is 1.14 bits per heavy atom. The van der Waals surface area contributed by atoms with Crippen LogP contribution in [0.2, 0.25) is 0 Å². The van der Waals surface area contributed by atoms with Crippen molar-refractivity contribution in [1.82, 2.24) is 14.5 Å². The van der Waals surface area contributed by atoms with E-state index in [4.69, 9.17) is 10.5 Å². The van der Waals surface area contributed by atoms with Gasteiger partial charge in [0.05, 0.1) is 17.2 Å². The Morgan fingerprint density at radius 2 is 2.00 bits per heavy atom. The monoisotopic (exact) mass is 284 g/mol. The molecule has 2 aromatic heterocycles. The summed E-state index contributed by atoms with van der Waals surface area (Å²) in [5.74, 6) is 0.565. The highest BCUT2D eigenvalue weighted by molar-refractivity contribution is 6.02. The SMILES string of the molecule is COCCCCCn1c(N)nc2cnc3ccccc3c21. The number of pyridine rings is 1. The fraction of sp³-hybridized carbons (Fsp3) is 0.375. The van der Waals surface area contributed by atoms with Crippen molar-refractivity contribution in [2.24, 2.45) is 0 Å². The number of nitrogen functional groups attached to an aromatic ring is 1. The predicted octanol–water partition coefficient (Wildman–Crippen LogP) is 2.98. The van der Waals surface area contributed by atoms with Gasteiger partial charge in [-0.1, -0.05) is 18.2 Å². The molecule has 21 heavy (non-hydrogen) atoms. The number of fused-ring (bicyclic) bond motifs is 3. The molecule has 0 amide bonds. The van der Waals surface area contributed by atoms with Crippen molar-refractivity contribution in [3.05, 3.63) is 30.5 Å². The quantitative estimate of drug-likeness (QED) is 0.707. The van der Waals surface area contributed by atoms with E-state index >= 15 is 0 Å². The van der Waals surface area contributed by atoms with E-state index in [-0.39, 0.29) is 0 Å². The summed E-state index contributed by atoms with van der Waals surface area (Å²) in [4.78, 5) is 8.87. The fourth-order valence-corrected chi connectivity index (χ4v) is 2.70. The zero-order chi connectivity index (χ0) is 14.7. The number of methoxy groups -OCH3 is 1. The first-order chi connectivity index (χ1) is 10.3. The van der Waals surface area contributed by atoms with E-state index in [2.05, 4.69) is 20.6 Å². The third-order valence-electron chi connectivity index (χ3n) is 3.74. The van der Waals surface area contributed by atoms with Crippen molar-refractivity contribution in [3.63, 3.8) is 0 Å². The number of hydrogen-bond donors (Lipinski definition) is 1. The third kappa shape index (κ3) is 2.69. The summed E-state index contributed by atoms with van der Waals surface area (Å²) in [5.41, 5.74) is 9.01. The summed E-state index contributed by atoms with van der Waals surface area (Å²) in [7, 11) is 1.74. The molecule has 110 valence electrons. The number of unbranched alkanes of at least 4 members (excludes halogenated alkanes) is 2. The van der Waals surface area contributed by atoms with Crippen LogP contribution in [-0.2, 0) is 11.3 Å². The van der Waals surface area contributed by atoms with Gasteiger partial charge in [-0.25, -0.2) is 4.98 Å². The number of ether oxygens (including phenoxy) is 1. The summed E-state index contributed by atoms with van der Waals surface area (Å²) in [6.07, 6.45) is 5.06. The first-order valence-corrected chi connectivity index (χ1v) is 7.29. The number of imidazole rings is 1. The molecule has 3 rings (SSSR count). The number of nitrogens with two attached hydrogens (primary N) is 1. The molecule has 0 saturated carbocycles. The average molecular weight is 284 g/mol. The van der Waals surface area contributed by atoms with Gasteiger partial charge in [-0.2, -0.15) is 0 Å². The first-order valence-electron chi connectivity index (χ1n) is 7.29. The minimum absolute atomic E-state index is 0.565. The summed E-state index contributed by atoms with van der Waals surface area (Å²) < 4.78 is 7.18. The second kappa shape index (κ2) is 6.10. The second-order valence-electron chi connectivity index (χ2n) is 5.18. The maximum absolute atomic E-state index is 6.08. The van der Waals surface area contributed by atoms with Crippen molar-refractivity contribution in [2.45, 2.75) is 25.8 Å². The molecule has 0 fully saturated rings. The van der Waals surface area contributed by atoms with Gasteiger partial charge in [0.25, 0.3) is 0 Å². The second-order valence-corrected chi connectivity index (χ2v) is 5.18. The average Bonchev–Trinajstić information content (AvgIpc) is 2.83. The van der Waals surface area contributed by atoms with Crippen LogP contribution in [0, 0.1) is 0 Å². The summed E-state index contributed by atoms with van der Waals surface area (Å²) in [6, 6.07) is 8.11. The van der Waals surface area contributed by atoms with Gasteiger partial charge in [-0.3, -0.25) is 4.98 Å². The van der Waals surface area contributed by atoms with Gasteiger partial charge >= 0.3 is 0 Å². The zero-order valence-electron chi connectivity index (χ0n) is 12.2. The largest absolute Gasteiger partial charge is 0.385 e. The molecule has 0 spiro atoms. The molecular weight excluding hydrogens is 264 g/mol. The standard InChI is InChI=1S/C16H20N4O/c1-21-10-6-2-5-9-20-15-12-7-3-4-8-13(12)18-11-14(15)19-16(20)17/h3-4,7-8,11H,2,5-6,9-10H2,1H3,(H2,17,19). The molecule has 2 heterocycles. The van der Waals surface area contributed by atoms with Crippen LogP contribution in [0.3, 0.4) is 0 Å². The topological polar surface area (TPSA) is 66.0 Å². The van der Waals surface area contributed by atoms with Crippen molar-refractivity contribution in [1.29, 1.82) is 0 Å². The Kier molecular flexibility index (Phi) is 4.01. The molecule has 0 radical (unpaired) electrons. The van der Waals surface area contributed by atoms with Gasteiger partial charge < -0.3 is 15.0 Å². The lowest BCUT2D eigenvalue weighted by Crippen LogP contribution is -2.04. The molecular formula is C16H20N4O. The lowest BCUT2D eigenvalue weighted by molar-refractivity contribution is 0.191. The van der Waals surface area contributed by atoms with E-state index < -0.39 is 0 Å². The Bertz CT molecular complexity index is 750. The van der Waals surface area contributed by atoms with E-state index in [9.17, 15) is 0 Å². The number of anilines is 1. The van der Waals surface area contributed by atoms with Gasteiger partial charge in [0, 0.05) is 25.6 Å². The third-order valence-corrected chi connectivity index (χ3v) is 3.74. The number of hydrogen-bond acceptors (Lipinski definition) is 4. The molecule has 1 aromatic carbocycles. The van der Waals surface area contributed by atoms with Gasteiger partial charge in [0.2, 0.25) is 5.95 Å². The maximum atomic E-state index is 6.08. The van der Waals surface area contributed by atoms with Crippen LogP contribution >= 0.6 is 0 Å². The van der Waals surface area contributed by atoms with Crippen LogP contribution < -0.4 is 5.73 Å². The van der Waals surface area contributed by atoms with E-state index in [1.165, 1.54) is 0 Å². The van der Waals surface area contributed by atoms with Crippen molar-refractivity contribution >= 4 is 27.9 Å². The van der Waals surface area contributed by atoms with Crippen LogP contribution in [0.5, 0.6) is 0 Å². The van der Waals surface area contributed by atoms with Crippen molar-refractivity contribution < 1.29 is 4.74 Å². The van der Waals surface area contributed by atoms with Crippen LogP contribution in [0.25, 0.3) is 21.9 Å². The fourth-order valence-electron chi connectivity index (χ4n) is 2.70. The van der Waals surface area contributed by atoms with Gasteiger partial charge in [0.1, 0.15) is 5.52 Å². The highest BCUT2D eigenvalue weighted by atomic mass is 16.5. The molecule has 0 aliphatic heterocycles. The van der Waals surface area contributed by atoms with E-state index in [1.54, 1.807) is 13.3 Å². The van der Waals surface area contributed by atoms with Crippen LogP contribution in [0.4, 0.5) is 5.95 Å². The highest BCUT2D eigenvalue weighted by Gasteiger charge is 2.11. The Morgan fingerprint density at radius 3 is 2.86 bits per heavy atom. The van der Waals surface area contributed by atoms with E-state index in [0.717, 1.165) is 54.4 Å². The summed E-state index contributed by atoms with van der Waals surface area (Å²) in [6.45, 7) is 1.69. The minimum atomic E-state index is 0.565. The predicted molar refractivity (Wildman–Crippen MR) is 85.2 cm³/mol. The molecule has 5 nitrogen and oxygen atoms in total. The molecule has 0 saturated heterocycles. The van der Waals surface area contributed by atoms with E-state index in [0.29, 0.717) is 5.95 Å². The molecule has 0 bridgehead atoms. The van der Waals surface area contributed by atoms with Crippen molar-refractivity contribution in [2.75, 3.05) is 19.5 Å². The maximum Gasteiger partial charge on any atom is 0.201 e. The molecule has 0 aliphatic rings. The molecule has 2 N–H and O–H groups in total. The van der Waals surface area contributed by atoms with Gasteiger partial charge in [-0.15, -0.1) is 0 Å². The van der Waals surface area contributed by atoms with Gasteiger partial charge in [-0.05, 0) is 25.3 Å². The van der Waals surface area contributed by atoms with E-state index in [1.807, 2.05) is 18.2 Å². The Labute approximate surface area is 123 Å². The molecule has 0 atom stereocenters. The smallest absolute Gasteiger partial charge is 0.201 e. The highest BCUT2D eigenvalue weighted by Crippen LogP contribution is 2.25. The van der Waals surface area contributed by atoms with Gasteiger partial charge in [0.15, 0.2) is 0 Å². The number of nitrogens with zero attached hydrogens (tertiary/aromatic N) is 3. The minimum Gasteiger partial charge on any atom is -0.385 e. The summed E-state index contributed by atoms with van der Waals surface area (Å²) >= 11 is 0. The Hall–Kier alpha value is -2.14. The molecule has 0 aliphatic carbocycles. The number of para-hydroxylation sites is 1. The van der Waals surface area contributed by atoms with Crippen molar-refractivity contribution in [3.8, 4) is 0 Å². The van der Waals surface area contributed by atoms with Crippen LogP contribution in [0.15, 0.2) is 30.5 Å². The molecule has 0 unspecified atom stereocenters. The lowest BCUT2D eigenvalue weighted by Gasteiger charge is -2.08. The number of aryl methyl sites for hydroxylation is 1. The molecule has 3 aromatic rings.